The SMILES string of the molecule is CCOC(=O)[C@@H]1[C@H]2O[C@@H]3CO[C@@H](c4ccc(OC)cc4)O[C@H]3C(OC)[C@H]21. The minimum atomic E-state index is -0.500. The van der Waals surface area contributed by atoms with Crippen molar-refractivity contribution in [3.05, 3.63) is 29.8 Å². The fraction of sp³-hybridized carbons (Fsp3) is 0.632. The largest absolute Gasteiger partial charge is 0.497 e. The van der Waals surface area contributed by atoms with E-state index in [9.17, 15) is 4.79 Å². The van der Waals surface area contributed by atoms with Crippen molar-refractivity contribution in [1.82, 2.24) is 0 Å². The van der Waals surface area contributed by atoms with Crippen molar-refractivity contribution in [2.75, 3.05) is 27.4 Å². The first-order valence-corrected chi connectivity index (χ1v) is 8.93. The van der Waals surface area contributed by atoms with Crippen molar-refractivity contribution in [2.24, 2.45) is 11.8 Å². The van der Waals surface area contributed by atoms with Gasteiger partial charge in [0.15, 0.2) is 6.29 Å². The van der Waals surface area contributed by atoms with E-state index in [-0.39, 0.29) is 42.2 Å². The minimum absolute atomic E-state index is 0.0325. The second kappa shape index (κ2) is 7.15. The number of hydrogen-bond donors (Lipinski definition) is 0. The quantitative estimate of drug-likeness (QED) is 0.737. The van der Waals surface area contributed by atoms with Gasteiger partial charge in [-0.2, -0.15) is 0 Å². The average molecular weight is 364 g/mol. The molecule has 0 radical (unpaired) electrons. The normalized spacial score (nSPS) is 38.0. The fourth-order valence-corrected chi connectivity index (χ4v) is 4.00. The molecule has 2 aliphatic heterocycles. The van der Waals surface area contributed by atoms with Crippen LogP contribution in [-0.4, -0.2) is 57.8 Å². The van der Waals surface area contributed by atoms with E-state index in [2.05, 4.69) is 0 Å². The van der Waals surface area contributed by atoms with Gasteiger partial charge in [-0.3, -0.25) is 4.79 Å². The van der Waals surface area contributed by atoms with Gasteiger partial charge in [-0.25, -0.2) is 0 Å². The molecule has 3 aliphatic rings. The Morgan fingerprint density at radius 1 is 1.15 bits per heavy atom. The van der Waals surface area contributed by atoms with Crippen LogP contribution in [0, 0.1) is 11.8 Å². The molecule has 0 aromatic heterocycles. The third kappa shape index (κ3) is 2.99. The lowest BCUT2D eigenvalue weighted by Gasteiger charge is -2.42. The monoisotopic (exact) mass is 364 g/mol. The molecular formula is C19H24O7. The first-order chi connectivity index (χ1) is 12.7. The molecule has 26 heavy (non-hydrogen) atoms. The van der Waals surface area contributed by atoms with E-state index >= 15 is 0 Å². The predicted octanol–water partition coefficient (Wildman–Crippen LogP) is 1.70. The standard InChI is InChI=1S/C19H24O7/c1-4-23-18(20)14-13-16(14)25-12-9-24-19(26-15(12)17(13)22-3)10-5-7-11(21-2)8-6-10/h5-8,12-17,19H,4,9H2,1-3H3/t12-,13+,14+,15-,16+,17?,19-/m1/s1. The number of carbonyl (C=O) groups excluding carboxylic acids is 1. The molecule has 1 saturated carbocycles. The van der Waals surface area contributed by atoms with Gasteiger partial charge < -0.3 is 28.4 Å². The molecule has 0 N–H and O–H groups in total. The molecule has 1 aromatic rings. The highest BCUT2D eigenvalue weighted by atomic mass is 16.7. The third-order valence-electron chi connectivity index (χ3n) is 5.32. The number of benzene rings is 1. The second-order valence-electron chi connectivity index (χ2n) is 6.73. The smallest absolute Gasteiger partial charge is 0.312 e. The molecule has 7 atom stereocenters. The summed E-state index contributed by atoms with van der Waals surface area (Å²) in [6.45, 7) is 2.55. The van der Waals surface area contributed by atoms with Crippen LogP contribution in [0.1, 0.15) is 18.8 Å². The van der Waals surface area contributed by atoms with Crippen LogP contribution in [0.25, 0.3) is 0 Å². The Labute approximate surface area is 152 Å². The van der Waals surface area contributed by atoms with E-state index in [0.717, 1.165) is 11.3 Å². The maximum atomic E-state index is 12.1. The number of methoxy groups -OCH3 is 2. The molecular weight excluding hydrogens is 340 g/mol. The molecule has 142 valence electrons. The summed E-state index contributed by atoms with van der Waals surface area (Å²) >= 11 is 0. The van der Waals surface area contributed by atoms with Crippen LogP contribution in [0.3, 0.4) is 0 Å². The Bertz CT molecular complexity index is 646. The first-order valence-electron chi connectivity index (χ1n) is 8.93. The lowest BCUT2D eigenvalue weighted by Crippen LogP contribution is -2.53. The van der Waals surface area contributed by atoms with Gasteiger partial charge in [-0.05, 0) is 19.1 Å². The zero-order valence-corrected chi connectivity index (χ0v) is 15.1. The minimum Gasteiger partial charge on any atom is -0.497 e. The summed E-state index contributed by atoms with van der Waals surface area (Å²) in [5, 5.41) is 0. The summed E-state index contributed by atoms with van der Waals surface area (Å²) in [4.78, 5) is 12.1. The van der Waals surface area contributed by atoms with Crippen LogP contribution in [0.4, 0.5) is 0 Å². The van der Waals surface area contributed by atoms with E-state index in [1.807, 2.05) is 24.3 Å². The summed E-state index contributed by atoms with van der Waals surface area (Å²) in [6, 6.07) is 7.56. The van der Waals surface area contributed by atoms with Crippen molar-refractivity contribution in [2.45, 2.75) is 37.6 Å². The first kappa shape index (κ1) is 17.7. The van der Waals surface area contributed by atoms with Crippen LogP contribution in [0.15, 0.2) is 24.3 Å². The van der Waals surface area contributed by atoms with Crippen molar-refractivity contribution in [3.8, 4) is 5.75 Å². The number of fused-ring (bicyclic) bond motifs is 2. The molecule has 0 amide bonds. The average Bonchev–Trinajstić information content (AvgIpc) is 3.39. The van der Waals surface area contributed by atoms with Crippen LogP contribution in [-0.2, 0) is 28.5 Å². The van der Waals surface area contributed by atoms with Crippen molar-refractivity contribution in [1.29, 1.82) is 0 Å². The van der Waals surface area contributed by atoms with Crippen molar-refractivity contribution in [3.63, 3.8) is 0 Å². The Morgan fingerprint density at radius 3 is 2.58 bits per heavy atom. The Balaban J connectivity index is 1.48. The van der Waals surface area contributed by atoms with E-state index in [4.69, 9.17) is 28.4 Å². The molecule has 2 saturated heterocycles. The van der Waals surface area contributed by atoms with Crippen LogP contribution in [0.2, 0.25) is 0 Å². The molecule has 1 unspecified atom stereocenters. The number of esters is 1. The molecule has 1 aromatic carbocycles. The van der Waals surface area contributed by atoms with Gasteiger partial charge >= 0.3 is 5.97 Å². The maximum Gasteiger partial charge on any atom is 0.312 e. The van der Waals surface area contributed by atoms with Gasteiger partial charge in [-0.15, -0.1) is 0 Å². The maximum absolute atomic E-state index is 12.1. The third-order valence-corrected chi connectivity index (χ3v) is 5.32. The highest BCUT2D eigenvalue weighted by molar-refractivity contribution is 5.77. The number of ether oxygens (including phenoxy) is 6. The summed E-state index contributed by atoms with van der Waals surface area (Å²) in [6.07, 6.45) is -1.45. The molecule has 0 spiro atoms. The summed E-state index contributed by atoms with van der Waals surface area (Å²) in [7, 11) is 3.27. The van der Waals surface area contributed by atoms with Gasteiger partial charge in [0, 0.05) is 18.6 Å². The van der Waals surface area contributed by atoms with E-state index in [1.165, 1.54) is 0 Å². The van der Waals surface area contributed by atoms with Gasteiger partial charge in [0.05, 0.1) is 38.4 Å². The summed E-state index contributed by atoms with van der Waals surface area (Å²) in [5.74, 6) is 0.232. The Morgan fingerprint density at radius 2 is 1.92 bits per heavy atom. The Hall–Kier alpha value is -1.67. The zero-order valence-electron chi connectivity index (χ0n) is 15.1. The van der Waals surface area contributed by atoms with Gasteiger partial charge in [0.25, 0.3) is 0 Å². The Kier molecular flexibility index (Phi) is 4.88. The lowest BCUT2D eigenvalue weighted by molar-refractivity contribution is -0.303. The molecule has 7 nitrogen and oxygen atoms in total. The highest BCUT2D eigenvalue weighted by Gasteiger charge is 2.67. The zero-order chi connectivity index (χ0) is 18.3. The summed E-state index contributed by atoms with van der Waals surface area (Å²) < 4.78 is 34.1. The topological polar surface area (TPSA) is 72.5 Å². The van der Waals surface area contributed by atoms with Gasteiger partial charge in [-0.1, -0.05) is 12.1 Å². The molecule has 7 heteroatoms. The summed E-state index contributed by atoms with van der Waals surface area (Å²) in [5.41, 5.74) is 0.902. The number of hydrogen-bond acceptors (Lipinski definition) is 7. The predicted molar refractivity (Wildman–Crippen MR) is 89.6 cm³/mol. The van der Waals surface area contributed by atoms with Crippen molar-refractivity contribution >= 4 is 5.97 Å². The molecule has 3 fully saturated rings. The van der Waals surface area contributed by atoms with E-state index in [1.54, 1.807) is 21.1 Å². The number of carbonyl (C=O) groups is 1. The van der Waals surface area contributed by atoms with Crippen molar-refractivity contribution < 1.29 is 33.2 Å². The van der Waals surface area contributed by atoms with Gasteiger partial charge in [0.1, 0.15) is 18.0 Å². The van der Waals surface area contributed by atoms with Gasteiger partial charge in [0.2, 0.25) is 0 Å². The lowest BCUT2D eigenvalue weighted by atomic mass is 9.99. The highest BCUT2D eigenvalue weighted by Crippen LogP contribution is 2.53. The van der Waals surface area contributed by atoms with Crippen LogP contribution in [0.5, 0.6) is 5.75 Å². The molecule has 4 rings (SSSR count). The molecule has 1 aliphatic carbocycles. The molecule has 0 bridgehead atoms. The van der Waals surface area contributed by atoms with Crippen LogP contribution < -0.4 is 4.74 Å². The number of rotatable bonds is 5. The fourth-order valence-electron chi connectivity index (χ4n) is 4.00. The van der Waals surface area contributed by atoms with Crippen LogP contribution >= 0.6 is 0 Å². The van der Waals surface area contributed by atoms with E-state index < -0.39 is 6.29 Å². The second-order valence-corrected chi connectivity index (χ2v) is 6.73. The molecule has 2 heterocycles. The van der Waals surface area contributed by atoms with E-state index in [0.29, 0.717) is 13.2 Å².